The first kappa shape index (κ1) is 14.9. The molecule has 20 heavy (non-hydrogen) atoms. The lowest BCUT2D eigenvalue weighted by molar-refractivity contribution is 0.626. The molecule has 0 aliphatic carbocycles. The van der Waals surface area contributed by atoms with Gasteiger partial charge in [-0.05, 0) is 39.8 Å². The van der Waals surface area contributed by atoms with Crippen LogP contribution in [-0.2, 0) is 6.54 Å². The van der Waals surface area contributed by atoms with E-state index in [9.17, 15) is 4.39 Å². The van der Waals surface area contributed by atoms with Crippen molar-refractivity contribution >= 4 is 17.3 Å². The van der Waals surface area contributed by atoms with Crippen molar-refractivity contribution in [1.29, 1.82) is 0 Å². The Hall–Kier alpha value is -1.55. The Morgan fingerprint density at radius 2 is 2.10 bits per heavy atom. The number of halogens is 2. The molecule has 1 N–H and O–H groups in total. The van der Waals surface area contributed by atoms with E-state index < -0.39 is 5.82 Å². The van der Waals surface area contributed by atoms with Crippen LogP contribution in [0.4, 0.5) is 10.1 Å². The van der Waals surface area contributed by atoms with E-state index in [0.29, 0.717) is 5.69 Å². The summed E-state index contributed by atoms with van der Waals surface area (Å²) in [6, 6.07) is 4.92. The fourth-order valence-corrected chi connectivity index (χ4v) is 2.74. The van der Waals surface area contributed by atoms with Gasteiger partial charge in [-0.3, -0.25) is 4.68 Å². The number of nitrogens with zero attached hydrogens (tertiary/aromatic N) is 2. The number of hydrogen-bond acceptors (Lipinski definition) is 2. The Kier molecular flexibility index (Phi) is 4.33. The Balaban J connectivity index is 2.31. The van der Waals surface area contributed by atoms with Gasteiger partial charge >= 0.3 is 0 Å². The fraction of sp³-hybridized carbons (Fsp3) is 0.400. The fourth-order valence-electron chi connectivity index (χ4n) is 2.57. The summed E-state index contributed by atoms with van der Waals surface area (Å²) in [4.78, 5) is 0. The zero-order valence-electron chi connectivity index (χ0n) is 12.2. The van der Waals surface area contributed by atoms with E-state index in [-0.39, 0.29) is 11.1 Å². The summed E-state index contributed by atoms with van der Waals surface area (Å²) in [5.41, 5.74) is 3.58. The number of rotatable bonds is 4. The van der Waals surface area contributed by atoms with Crippen LogP contribution in [0, 0.1) is 19.7 Å². The highest BCUT2D eigenvalue weighted by Gasteiger charge is 2.18. The average molecular weight is 296 g/mol. The second-order valence-corrected chi connectivity index (χ2v) is 5.27. The Morgan fingerprint density at radius 3 is 2.70 bits per heavy atom. The second-order valence-electron chi connectivity index (χ2n) is 4.87. The van der Waals surface area contributed by atoms with Gasteiger partial charge in [-0.2, -0.15) is 5.10 Å². The minimum absolute atomic E-state index is 0.0386. The van der Waals surface area contributed by atoms with Crippen LogP contribution in [0.15, 0.2) is 18.2 Å². The topological polar surface area (TPSA) is 29.9 Å². The number of benzene rings is 1. The summed E-state index contributed by atoms with van der Waals surface area (Å²) in [6.07, 6.45) is 0. The smallest absolute Gasteiger partial charge is 0.164 e. The molecule has 108 valence electrons. The maximum absolute atomic E-state index is 13.9. The summed E-state index contributed by atoms with van der Waals surface area (Å²) in [5, 5.41) is 7.79. The first-order valence-corrected chi connectivity index (χ1v) is 7.08. The first-order chi connectivity index (χ1) is 9.45. The number of aromatic nitrogens is 2. The summed E-state index contributed by atoms with van der Waals surface area (Å²) in [5.74, 6) is -0.417. The molecular weight excluding hydrogens is 277 g/mol. The molecule has 1 atom stereocenters. The molecule has 1 aromatic carbocycles. The van der Waals surface area contributed by atoms with Gasteiger partial charge in [-0.15, -0.1) is 0 Å². The van der Waals surface area contributed by atoms with E-state index in [1.165, 1.54) is 0 Å². The summed E-state index contributed by atoms with van der Waals surface area (Å²) < 4.78 is 15.9. The van der Waals surface area contributed by atoms with Gasteiger partial charge in [0, 0.05) is 17.8 Å². The van der Waals surface area contributed by atoms with Gasteiger partial charge in [0.1, 0.15) is 0 Å². The van der Waals surface area contributed by atoms with Crippen molar-refractivity contribution in [3.63, 3.8) is 0 Å². The molecule has 0 amide bonds. The van der Waals surface area contributed by atoms with E-state index in [2.05, 4.69) is 17.3 Å². The lowest BCUT2D eigenvalue weighted by Gasteiger charge is -2.17. The van der Waals surface area contributed by atoms with Gasteiger partial charge < -0.3 is 5.32 Å². The highest BCUT2D eigenvalue weighted by molar-refractivity contribution is 6.31. The molecule has 0 saturated carbocycles. The maximum Gasteiger partial charge on any atom is 0.164 e. The molecule has 0 fully saturated rings. The molecule has 0 saturated heterocycles. The summed E-state index contributed by atoms with van der Waals surface area (Å²) in [7, 11) is 0. The molecule has 1 heterocycles. The molecule has 0 aliphatic rings. The highest BCUT2D eigenvalue weighted by Crippen LogP contribution is 2.28. The Bertz CT molecular complexity index is 622. The van der Waals surface area contributed by atoms with E-state index in [4.69, 9.17) is 11.6 Å². The van der Waals surface area contributed by atoms with Crippen molar-refractivity contribution in [1.82, 2.24) is 9.78 Å². The van der Waals surface area contributed by atoms with Crippen LogP contribution in [0.2, 0.25) is 5.02 Å². The predicted molar refractivity (Wildman–Crippen MR) is 80.8 cm³/mol. The van der Waals surface area contributed by atoms with Crippen molar-refractivity contribution in [3.8, 4) is 0 Å². The standard InChI is InChI=1S/C15H19ClFN3/c1-5-20-11(4)14(10(3)19-20)9(2)18-13-8-6-7-12(16)15(13)17/h6-9,18H,5H2,1-4H3. The molecule has 1 unspecified atom stereocenters. The van der Waals surface area contributed by atoms with Crippen LogP contribution in [-0.4, -0.2) is 9.78 Å². The Morgan fingerprint density at radius 1 is 1.40 bits per heavy atom. The van der Waals surface area contributed by atoms with Crippen molar-refractivity contribution in [2.45, 2.75) is 40.3 Å². The van der Waals surface area contributed by atoms with Gasteiger partial charge in [0.2, 0.25) is 0 Å². The van der Waals surface area contributed by atoms with Gasteiger partial charge in [-0.25, -0.2) is 4.39 Å². The van der Waals surface area contributed by atoms with E-state index in [1.54, 1.807) is 18.2 Å². The van der Waals surface area contributed by atoms with Crippen LogP contribution >= 0.6 is 11.6 Å². The van der Waals surface area contributed by atoms with Gasteiger partial charge in [0.25, 0.3) is 0 Å². The number of aryl methyl sites for hydroxylation is 2. The number of hydrogen-bond donors (Lipinski definition) is 1. The van der Waals surface area contributed by atoms with Crippen LogP contribution in [0.3, 0.4) is 0 Å². The number of anilines is 1. The monoisotopic (exact) mass is 295 g/mol. The summed E-state index contributed by atoms with van der Waals surface area (Å²) >= 11 is 5.80. The zero-order chi connectivity index (χ0) is 14.9. The molecule has 1 aromatic heterocycles. The lowest BCUT2D eigenvalue weighted by atomic mass is 10.1. The van der Waals surface area contributed by atoms with Crippen LogP contribution in [0.1, 0.15) is 36.8 Å². The molecule has 5 heteroatoms. The number of nitrogens with one attached hydrogen (secondary N) is 1. The van der Waals surface area contributed by atoms with Gasteiger partial charge in [0.15, 0.2) is 5.82 Å². The molecule has 2 aromatic rings. The van der Waals surface area contributed by atoms with Crippen LogP contribution in [0.25, 0.3) is 0 Å². The van der Waals surface area contributed by atoms with E-state index in [1.807, 2.05) is 25.5 Å². The molecule has 0 aliphatic heterocycles. The molecule has 0 spiro atoms. The van der Waals surface area contributed by atoms with Crippen molar-refractivity contribution in [3.05, 3.63) is 46.0 Å². The van der Waals surface area contributed by atoms with Crippen molar-refractivity contribution in [2.75, 3.05) is 5.32 Å². The lowest BCUT2D eigenvalue weighted by Crippen LogP contribution is -2.10. The quantitative estimate of drug-likeness (QED) is 0.901. The molecule has 0 bridgehead atoms. The largest absolute Gasteiger partial charge is 0.376 e. The first-order valence-electron chi connectivity index (χ1n) is 6.70. The normalized spacial score (nSPS) is 12.5. The summed E-state index contributed by atoms with van der Waals surface area (Å²) in [6.45, 7) is 8.88. The second kappa shape index (κ2) is 5.83. The van der Waals surface area contributed by atoms with E-state index >= 15 is 0 Å². The van der Waals surface area contributed by atoms with Crippen molar-refractivity contribution < 1.29 is 4.39 Å². The minimum atomic E-state index is -0.417. The zero-order valence-corrected chi connectivity index (χ0v) is 12.9. The SMILES string of the molecule is CCn1nc(C)c(C(C)Nc2cccc(Cl)c2F)c1C. The third-order valence-electron chi connectivity index (χ3n) is 3.49. The molecular formula is C15H19ClFN3. The van der Waals surface area contributed by atoms with Crippen LogP contribution in [0.5, 0.6) is 0 Å². The average Bonchev–Trinajstić information content (AvgIpc) is 2.69. The van der Waals surface area contributed by atoms with Crippen molar-refractivity contribution in [2.24, 2.45) is 0 Å². The molecule has 2 rings (SSSR count). The highest BCUT2D eigenvalue weighted by atomic mass is 35.5. The molecule has 0 radical (unpaired) electrons. The maximum atomic E-state index is 13.9. The van der Waals surface area contributed by atoms with Gasteiger partial charge in [0.05, 0.1) is 22.4 Å². The minimum Gasteiger partial charge on any atom is -0.376 e. The predicted octanol–water partition coefficient (Wildman–Crippen LogP) is 4.49. The third kappa shape index (κ3) is 2.66. The van der Waals surface area contributed by atoms with E-state index in [0.717, 1.165) is 23.5 Å². The van der Waals surface area contributed by atoms with Gasteiger partial charge in [-0.1, -0.05) is 17.7 Å². The van der Waals surface area contributed by atoms with Crippen LogP contribution < -0.4 is 5.32 Å². The third-order valence-corrected chi connectivity index (χ3v) is 3.79. The Labute approximate surface area is 123 Å². The molecule has 3 nitrogen and oxygen atoms in total.